The van der Waals surface area contributed by atoms with Crippen LogP contribution in [0.4, 0.5) is 5.69 Å². The summed E-state index contributed by atoms with van der Waals surface area (Å²) < 4.78 is 0. The van der Waals surface area contributed by atoms with Crippen LogP contribution in [0.5, 0.6) is 5.75 Å². The van der Waals surface area contributed by atoms with E-state index in [4.69, 9.17) is 16.7 Å². The topological polar surface area (TPSA) is 160 Å². The Morgan fingerprint density at radius 2 is 2.00 bits per heavy atom. The van der Waals surface area contributed by atoms with Gasteiger partial charge in [0.25, 0.3) is 5.91 Å². The molecule has 0 saturated carbocycles. The summed E-state index contributed by atoms with van der Waals surface area (Å²) in [6.07, 6.45) is -0.699. The Bertz CT molecular complexity index is 1050. The van der Waals surface area contributed by atoms with Gasteiger partial charge in [0, 0.05) is 43.1 Å². The predicted octanol–water partition coefficient (Wildman–Crippen LogP) is 1.61. The number of hydrogen-bond donors (Lipinski definition) is 5. The molecule has 2 aromatic rings. The first-order valence-corrected chi connectivity index (χ1v) is 9.65. The highest BCUT2D eigenvalue weighted by atomic mass is 35.5. The number of fused-ring (bicyclic) bond motifs is 3. The van der Waals surface area contributed by atoms with Gasteiger partial charge in [-0.25, -0.2) is 4.79 Å². The molecule has 0 radical (unpaired) electrons. The fourth-order valence-electron chi connectivity index (χ4n) is 3.66. The van der Waals surface area contributed by atoms with Gasteiger partial charge < -0.3 is 30.5 Å². The number of carbonyl (C=O) groups is 4. The molecule has 0 saturated heterocycles. The van der Waals surface area contributed by atoms with E-state index in [2.05, 4.69) is 10.3 Å². The van der Waals surface area contributed by atoms with Crippen molar-refractivity contribution in [2.24, 2.45) is 0 Å². The van der Waals surface area contributed by atoms with Crippen molar-refractivity contribution in [1.29, 1.82) is 0 Å². The molecule has 0 fully saturated rings. The molecule has 11 heteroatoms. The Hall–Kier alpha value is -3.27. The molecule has 1 aromatic carbocycles. The number of nitrogens with zero attached hydrogens (tertiary/aromatic N) is 1. The monoisotopic (exact) mass is 437 g/mol. The van der Waals surface area contributed by atoms with Crippen molar-refractivity contribution in [3.8, 4) is 5.75 Å². The fourth-order valence-corrected chi connectivity index (χ4v) is 3.91. The SMILES string of the molecule is CC(=O)N1CC(CCl)c2c1cc(O)c1[nH]c(C(=O)N[C@@H](CCC(=O)O)C(=O)O)cc21. The lowest BCUT2D eigenvalue weighted by molar-refractivity contribution is -0.140. The minimum Gasteiger partial charge on any atom is -0.506 e. The summed E-state index contributed by atoms with van der Waals surface area (Å²) in [5.74, 6) is -3.67. The normalized spacial score (nSPS) is 16.3. The summed E-state index contributed by atoms with van der Waals surface area (Å²) >= 11 is 6.08. The third kappa shape index (κ3) is 3.90. The molecule has 160 valence electrons. The fraction of sp³-hybridized carbons (Fsp3) is 0.368. The van der Waals surface area contributed by atoms with Crippen molar-refractivity contribution in [3.63, 3.8) is 0 Å². The quantitative estimate of drug-likeness (QED) is 0.411. The summed E-state index contributed by atoms with van der Waals surface area (Å²) in [6.45, 7) is 1.75. The zero-order chi connectivity index (χ0) is 22.2. The second-order valence-corrected chi connectivity index (χ2v) is 7.39. The summed E-state index contributed by atoms with van der Waals surface area (Å²) in [4.78, 5) is 50.8. The molecule has 0 bridgehead atoms. The van der Waals surface area contributed by atoms with Gasteiger partial charge in [-0.1, -0.05) is 0 Å². The van der Waals surface area contributed by atoms with Crippen molar-refractivity contribution in [1.82, 2.24) is 10.3 Å². The van der Waals surface area contributed by atoms with Crippen LogP contribution in [0.1, 0.15) is 41.7 Å². The van der Waals surface area contributed by atoms with Crippen LogP contribution in [0, 0.1) is 0 Å². The summed E-state index contributed by atoms with van der Waals surface area (Å²) in [6, 6.07) is 1.50. The molecule has 0 spiro atoms. The Kier molecular flexibility index (Phi) is 5.88. The molecule has 2 heterocycles. The lowest BCUT2D eigenvalue weighted by atomic mass is 9.98. The lowest BCUT2D eigenvalue weighted by Gasteiger charge is -2.15. The van der Waals surface area contributed by atoms with E-state index in [0.717, 1.165) is 0 Å². The van der Waals surface area contributed by atoms with Crippen molar-refractivity contribution in [3.05, 3.63) is 23.4 Å². The summed E-state index contributed by atoms with van der Waals surface area (Å²) in [5.41, 5.74) is 1.47. The van der Waals surface area contributed by atoms with Crippen molar-refractivity contribution in [2.75, 3.05) is 17.3 Å². The van der Waals surface area contributed by atoms with E-state index < -0.39 is 30.3 Å². The number of aliphatic carboxylic acids is 2. The van der Waals surface area contributed by atoms with Crippen LogP contribution in [0.3, 0.4) is 0 Å². The third-order valence-corrected chi connectivity index (χ3v) is 5.45. The number of halogens is 1. The molecular weight excluding hydrogens is 418 g/mol. The van der Waals surface area contributed by atoms with Gasteiger partial charge in [0.1, 0.15) is 17.5 Å². The number of benzene rings is 1. The second-order valence-electron chi connectivity index (χ2n) is 7.08. The number of anilines is 1. The number of amides is 2. The molecular formula is C19H20ClN3O7. The van der Waals surface area contributed by atoms with Crippen LogP contribution in [-0.4, -0.2) is 62.5 Å². The number of alkyl halides is 1. The van der Waals surface area contributed by atoms with Gasteiger partial charge in [-0.3, -0.25) is 14.4 Å². The maximum Gasteiger partial charge on any atom is 0.326 e. The lowest BCUT2D eigenvalue weighted by Crippen LogP contribution is -2.41. The van der Waals surface area contributed by atoms with Gasteiger partial charge in [-0.05, 0) is 18.1 Å². The Morgan fingerprint density at radius 1 is 1.30 bits per heavy atom. The highest BCUT2D eigenvalue weighted by molar-refractivity contribution is 6.19. The molecule has 5 N–H and O–H groups in total. The molecule has 0 aliphatic carbocycles. The van der Waals surface area contributed by atoms with E-state index in [1.807, 2.05) is 0 Å². The first-order valence-electron chi connectivity index (χ1n) is 9.12. The Labute approximate surface area is 175 Å². The van der Waals surface area contributed by atoms with Crippen molar-refractivity contribution >= 4 is 51.9 Å². The number of rotatable bonds is 7. The summed E-state index contributed by atoms with van der Waals surface area (Å²) in [5, 5.41) is 31.2. The van der Waals surface area contributed by atoms with Gasteiger partial charge in [0.15, 0.2) is 0 Å². The Morgan fingerprint density at radius 3 is 2.57 bits per heavy atom. The molecule has 2 atom stereocenters. The third-order valence-electron chi connectivity index (χ3n) is 5.08. The Balaban J connectivity index is 1.98. The smallest absolute Gasteiger partial charge is 0.326 e. The first kappa shape index (κ1) is 21.4. The van der Waals surface area contributed by atoms with Crippen LogP contribution in [0.2, 0.25) is 0 Å². The van der Waals surface area contributed by atoms with Gasteiger partial charge in [-0.15, -0.1) is 11.6 Å². The molecule has 10 nitrogen and oxygen atoms in total. The minimum absolute atomic E-state index is 0.00938. The number of hydrogen-bond acceptors (Lipinski definition) is 5. The van der Waals surface area contributed by atoms with Crippen LogP contribution in [0.25, 0.3) is 10.9 Å². The van der Waals surface area contributed by atoms with Crippen LogP contribution >= 0.6 is 11.6 Å². The number of carboxylic acid groups (broad SMARTS) is 2. The van der Waals surface area contributed by atoms with Gasteiger partial charge in [-0.2, -0.15) is 0 Å². The number of H-pyrrole nitrogens is 1. The largest absolute Gasteiger partial charge is 0.506 e. The maximum atomic E-state index is 12.6. The predicted molar refractivity (Wildman–Crippen MR) is 107 cm³/mol. The second kappa shape index (κ2) is 8.23. The first-order chi connectivity index (χ1) is 14.1. The van der Waals surface area contributed by atoms with E-state index in [-0.39, 0.29) is 41.1 Å². The van der Waals surface area contributed by atoms with E-state index in [0.29, 0.717) is 23.2 Å². The molecule has 30 heavy (non-hydrogen) atoms. The van der Waals surface area contributed by atoms with E-state index in [1.165, 1.54) is 24.0 Å². The van der Waals surface area contributed by atoms with E-state index in [1.54, 1.807) is 0 Å². The molecule has 1 aromatic heterocycles. The minimum atomic E-state index is -1.39. The zero-order valence-corrected chi connectivity index (χ0v) is 16.7. The molecule has 2 amide bonds. The van der Waals surface area contributed by atoms with Crippen LogP contribution in [0.15, 0.2) is 12.1 Å². The zero-order valence-electron chi connectivity index (χ0n) is 15.9. The van der Waals surface area contributed by atoms with Gasteiger partial charge in [0.05, 0.1) is 11.2 Å². The average molecular weight is 438 g/mol. The van der Waals surface area contributed by atoms with E-state index >= 15 is 0 Å². The number of aromatic nitrogens is 1. The highest BCUT2D eigenvalue weighted by Crippen LogP contribution is 2.45. The molecule has 1 unspecified atom stereocenters. The van der Waals surface area contributed by atoms with Crippen LogP contribution in [-0.2, 0) is 14.4 Å². The van der Waals surface area contributed by atoms with Crippen LogP contribution < -0.4 is 10.2 Å². The van der Waals surface area contributed by atoms with E-state index in [9.17, 15) is 29.4 Å². The molecule has 1 aliphatic rings. The number of aromatic amines is 1. The number of phenolic OH excluding ortho intramolecular Hbond substituents is 1. The van der Waals surface area contributed by atoms with Gasteiger partial charge in [0.2, 0.25) is 5.91 Å². The summed E-state index contributed by atoms with van der Waals surface area (Å²) in [7, 11) is 0. The number of carboxylic acids is 2. The average Bonchev–Trinajstić information content (AvgIpc) is 3.26. The number of nitrogens with one attached hydrogen (secondary N) is 2. The van der Waals surface area contributed by atoms with Crippen molar-refractivity contribution in [2.45, 2.75) is 31.7 Å². The maximum absolute atomic E-state index is 12.6. The van der Waals surface area contributed by atoms with Gasteiger partial charge >= 0.3 is 11.9 Å². The highest BCUT2D eigenvalue weighted by Gasteiger charge is 2.34. The standard InChI is InChI=1S/C19H20ClN3O7/c1-8(24)23-7-9(6-20)16-10-4-12(21-17(10)14(25)5-13(16)23)18(28)22-11(19(29)30)2-3-15(26)27/h4-5,9,11,21,25H,2-3,6-7H2,1H3,(H,22,28)(H,26,27)(H,29,30)/t9?,11-/m0/s1. The van der Waals surface area contributed by atoms with Crippen molar-refractivity contribution < 1.29 is 34.5 Å². The number of aromatic hydroxyl groups is 1. The molecule has 3 rings (SSSR count). The number of carbonyl (C=O) groups excluding carboxylic acids is 2. The number of phenols is 1. The molecule has 1 aliphatic heterocycles.